The fourth-order valence-electron chi connectivity index (χ4n) is 4.10. The van der Waals surface area contributed by atoms with Crippen molar-refractivity contribution in [1.82, 2.24) is 15.0 Å². The molecule has 0 bridgehead atoms. The van der Waals surface area contributed by atoms with Crippen LogP contribution in [0.5, 0.6) is 0 Å². The summed E-state index contributed by atoms with van der Waals surface area (Å²) < 4.78 is 3.66. The first-order chi connectivity index (χ1) is 15.7. The van der Waals surface area contributed by atoms with E-state index in [9.17, 15) is 0 Å². The van der Waals surface area contributed by atoms with Crippen molar-refractivity contribution in [2.45, 2.75) is 12.3 Å². The zero-order chi connectivity index (χ0) is 21.5. The molecule has 5 aromatic rings. The van der Waals surface area contributed by atoms with Crippen LogP contribution < -0.4 is 9.75 Å². The van der Waals surface area contributed by atoms with Crippen LogP contribution in [-0.4, -0.2) is 15.0 Å². The number of nitrogens with zero attached hydrogens (tertiary/aromatic N) is 3. The molecule has 2 heterocycles. The number of hydrogen-bond donors (Lipinski definition) is 0. The summed E-state index contributed by atoms with van der Waals surface area (Å²) in [6.45, 7) is 0. The maximum absolute atomic E-state index is 4.93. The molecule has 0 radical (unpaired) electrons. The molecule has 0 saturated heterocycles. The van der Waals surface area contributed by atoms with Gasteiger partial charge in [0.2, 0.25) is 0 Å². The summed E-state index contributed by atoms with van der Waals surface area (Å²) >= 11 is 5.35. The van der Waals surface area contributed by atoms with E-state index in [0.717, 1.165) is 27.8 Å². The van der Waals surface area contributed by atoms with Crippen molar-refractivity contribution in [2.75, 3.05) is 0 Å². The highest BCUT2D eigenvalue weighted by Crippen LogP contribution is 2.28. The first kappa shape index (κ1) is 19.5. The van der Waals surface area contributed by atoms with E-state index in [1.807, 2.05) is 65.9 Å². The van der Waals surface area contributed by atoms with Gasteiger partial charge in [-0.25, -0.2) is 15.0 Å². The summed E-state index contributed by atoms with van der Waals surface area (Å²) in [5.74, 6) is 2.35. The third-order valence-electron chi connectivity index (χ3n) is 5.71. The topological polar surface area (TPSA) is 38.7 Å². The molecule has 0 N–H and O–H groups in total. The quantitative estimate of drug-likeness (QED) is 0.311. The maximum Gasteiger partial charge on any atom is 0.163 e. The van der Waals surface area contributed by atoms with Gasteiger partial charge < -0.3 is 0 Å². The van der Waals surface area contributed by atoms with E-state index < -0.39 is 0 Å². The lowest BCUT2D eigenvalue weighted by molar-refractivity contribution is 0.810. The van der Waals surface area contributed by atoms with Gasteiger partial charge in [-0.3, -0.25) is 0 Å². The smallest absolute Gasteiger partial charge is 0.163 e. The zero-order valence-electron chi connectivity index (χ0n) is 17.1. The lowest BCUT2D eigenvalue weighted by Crippen LogP contribution is -2.24. The minimum Gasteiger partial charge on any atom is -0.212 e. The maximum atomic E-state index is 4.93. The van der Waals surface area contributed by atoms with Crippen LogP contribution in [0.2, 0.25) is 0 Å². The fourth-order valence-corrected chi connectivity index (χ4v) is 5.57. The van der Waals surface area contributed by atoms with Crippen LogP contribution in [0.25, 0.3) is 45.0 Å². The molecule has 0 amide bonds. The van der Waals surface area contributed by atoms with E-state index in [1.54, 1.807) is 0 Å². The summed E-state index contributed by atoms with van der Waals surface area (Å²) in [4.78, 5) is 14.7. The number of rotatable bonds is 3. The highest BCUT2D eigenvalue weighted by Gasteiger charge is 2.19. The summed E-state index contributed by atoms with van der Waals surface area (Å²) in [6.07, 6.45) is 5.55. The number of halogens is 1. The van der Waals surface area contributed by atoms with Crippen molar-refractivity contribution < 1.29 is 0 Å². The second-order valence-corrected chi connectivity index (χ2v) is 9.80. The summed E-state index contributed by atoms with van der Waals surface area (Å²) in [6, 6.07) is 26.9. The fraction of sp³-hybridized carbons (Fsp3) is 0.0741. The average molecular weight is 496 g/mol. The van der Waals surface area contributed by atoms with Crippen LogP contribution >= 0.6 is 27.3 Å². The minimum absolute atomic E-state index is 0.121. The second kappa shape index (κ2) is 8.08. The molecule has 1 atom stereocenters. The van der Waals surface area contributed by atoms with Crippen molar-refractivity contribution in [3.63, 3.8) is 0 Å². The van der Waals surface area contributed by atoms with Crippen molar-refractivity contribution in [2.24, 2.45) is 0 Å². The Morgan fingerprint density at radius 3 is 2.22 bits per heavy atom. The van der Waals surface area contributed by atoms with Gasteiger partial charge in [0.05, 0.1) is 0 Å². The molecule has 154 valence electrons. The van der Waals surface area contributed by atoms with Crippen LogP contribution in [0, 0.1) is 0 Å². The lowest BCUT2D eigenvalue weighted by atomic mass is 9.98. The predicted molar refractivity (Wildman–Crippen MR) is 136 cm³/mol. The summed E-state index contributed by atoms with van der Waals surface area (Å²) in [7, 11) is 0. The van der Waals surface area contributed by atoms with Gasteiger partial charge in [-0.05, 0) is 35.2 Å². The highest BCUT2D eigenvalue weighted by molar-refractivity contribution is 9.10. The Kier molecular flexibility index (Phi) is 4.93. The molecule has 1 aliphatic carbocycles. The Labute approximate surface area is 198 Å². The van der Waals surface area contributed by atoms with Crippen LogP contribution in [0.4, 0.5) is 0 Å². The van der Waals surface area contributed by atoms with Gasteiger partial charge in [-0.1, -0.05) is 88.7 Å². The Morgan fingerprint density at radius 1 is 0.750 bits per heavy atom. The SMILES string of the molecule is Brc1ccc(-c2nc(-c3ccccc3)nc(C3C=c4sc5ccccc5c4=CC3)n2)cc1. The first-order valence-electron chi connectivity index (χ1n) is 10.5. The molecule has 0 saturated carbocycles. The number of benzene rings is 3. The van der Waals surface area contributed by atoms with E-state index in [4.69, 9.17) is 15.0 Å². The molecule has 3 nitrogen and oxygen atoms in total. The zero-order valence-corrected chi connectivity index (χ0v) is 19.5. The molecule has 6 rings (SSSR count). The Bertz CT molecular complexity index is 1560. The third-order valence-corrected chi connectivity index (χ3v) is 7.39. The lowest BCUT2D eigenvalue weighted by Gasteiger charge is -2.14. The third kappa shape index (κ3) is 3.57. The van der Waals surface area contributed by atoms with Gasteiger partial charge in [0.15, 0.2) is 11.6 Å². The van der Waals surface area contributed by atoms with Crippen LogP contribution in [-0.2, 0) is 0 Å². The number of aromatic nitrogens is 3. The van der Waals surface area contributed by atoms with Crippen molar-refractivity contribution in [1.29, 1.82) is 0 Å². The number of fused-ring (bicyclic) bond motifs is 3. The minimum atomic E-state index is 0.121. The normalized spacial score (nSPS) is 15.1. The van der Waals surface area contributed by atoms with Gasteiger partial charge in [0.25, 0.3) is 0 Å². The molecule has 3 aromatic carbocycles. The van der Waals surface area contributed by atoms with E-state index in [2.05, 4.69) is 52.3 Å². The van der Waals surface area contributed by atoms with Crippen molar-refractivity contribution in [3.8, 4) is 22.8 Å². The van der Waals surface area contributed by atoms with E-state index in [1.165, 1.54) is 19.8 Å². The molecule has 0 aliphatic heterocycles. The van der Waals surface area contributed by atoms with Crippen LogP contribution in [0.1, 0.15) is 18.2 Å². The summed E-state index contributed by atoms with van der Waals surface area (Å²) in [5.41, 5.74) is 1.98. The predicted octanol–water partition coefficient (Wildman–Crippen LogP) is 5.93. The van der Waals surface area contributed by atoms with Crippen molar-refractivity contribution >= 4 is 49.5 Å². The van der Waals surface area contributed by atoms with Gasteiger partial charge >= 0.3 is 0 Å². The summed E-state index contributed by atoms with van der Waals surface area (Å²) in [5, 5.41) is 2.67. The Morgan fingerprint density at radius 2 is 1.44 bits per heavy atom. The van der Waals surface area contributed by atoms with E-state index in [-0.39, 0.29) is 5.92 Å². The van der Waals surface area contributed by atoms with E-state index in [0.29, 0.717) is 11.6 Å². The van der Waals surface area contributed by atoms with Gasteiger partial charge in [0, 0.05) is 30.7 Å². The molecule has 0 spiro atoms. The molecule has 2 aromatic heterocycles. The molecule has 1 unspecified atom stereocenters. The monoisotopic (exact) mass is 495 g/mol. The van der Waals surface area contributed by atoms with Gasteiger partial charge in [-0.15, -0.1) is 11.3 Å². The second-order valence-electron chi connectivity index (χ2n) is 7.80. The Balaban J connectivity index is 1.51. The number of hydrogen-bond acceptors (Lipinski definition) is 4. The van der Waals surface area contributed by atoms with Crippen LogP contribution in [0.15, 0.2) is 83.3 Å². The standard InChI is InChI=1S/C27H18BrN3S/c28-20-13-10-18(11-14-20)26-29-25(17-6-2-1-3-7-17)30-27(31-26)19-12-15-22-21-8-4-5-9-23(21)32-24(22)16-19/h1-11,13-16,19H,12H2. The molecule has 32 heavy (non-hydrogen) atoms. The molecule has 1 aliphatic rings. The molecule has 0 fully saturated rings. The molecular formula is C27H18BrN3S. The first-order valence-corrected chi connectivity index (χ1v) is 12.1. The molecular weight excluding hydrogens is 478 g/mol. The number of thiophene rings is 1. The van der Waals surface area contributed by atoms with Gasteiger partial charge in [0.1, 0.15) is 5.82 Å². The van der Waals surface area contributed by atoms with Crippen LogP contribution in [0.3, 0.4) is 0 Å². The Hall–Kier alpha value is -3.15. The molecule has 5 heteroatoms. The van der Waals surface area contributed by atoms with E-state index >= 15 is 0 Å². The van der Waals surface area contributed by atoms with Crippen molar-refractivity contribution in [3.05, 3.63) is 98.9 Å². The average Bonchev–Trinajstić information content (AvgIpc) is 3.23. The largest absolute Gasteiger partial charge is 0.212 e. The van der Waals surface area contributed by atoms with Gasteiger partial charge in [-0.2, -0.15) is 0 Å². The highest BCUT2D eigenvalue weighted by atomic mass is 79.9.